The third-order valence-corrected chi connectivity index (χ3v) is 6.43. The molecule has 0 bridgehead atoms. The van der Waals surface area contributed by atoms with Crippen molar-refractivity contribution in [2.45, 2.75) is 76.5 Å². The molecule has 3 aliphatic rings. The molecule has 152 valence electrons. The average Bonchev–Trinajstić information content (AvgIpc) is 3.25. The molecule has 3 unspecified atom stereocenters. The Morgan fingerprint density at radius 1 is 1.26 bits per heavy atom. The van der Waals surface area contributed by atoms with Crippen molar-refractivity contribution in [1.29, 1.82) is 5.26 Å². The van der Waals surface area contributed by atoms with Gasteiger partial charge in [-0.25, -0.2) is 4.79 Å². The smallest absolute Gasteiger partial charge is 0.407 e. The zero-order chi connectivity index (χ0) is 18.8. The molecule has 2 aliphatic carbocycles. The minimum atomic E-state index is -0.817. The van der Waals surface area contributed by atoms with Gasteiger partial charge in [0.1, 0.15) is 6.04 Å². The number of carbonyl (C=O) groups is 2. The van der Waals surface area contributed by atoms with Gasteiger partial charge in [-0.05, 0) is 64.2 Å². The van der Waals surface area contributed by atoms with Crippen LogP contribution < -0.4 is 5.32 Å². The summed E-state index contributed by atoms with van der Waals surface area (Å²) >= 11 is 0. The predicted octanol–water partition coefficient (Wildman–Crippen LogP) is 2.46. The van der Waals surface area contributed by atoms with Crippen LogP contribution in [0.15, 0.2) is 0 Å². The van der Waals surface area contributed by atoms with Gasteiger partial charge in [0.2, 0.25) is 5.91 Å². The molecule has 1 saturated heterocycles. The molecule has 1 aliphatic heterocycles. The quantitative estimate of drug-likeness (QED) is 0.741. The summed E-state index contributed by atoms with van der Waals surface area (Å²) in [5.74, 6) is 1.12. The van der Waals surface area contributed by atoms with Crippen LogP contribution in [0.5, 0.6) is 0 Å². The summed E-state index contributed by atoms with van der Waals surface area (Å²) in [7, 11) is 0. The molecule has 27 heavy (non-hydrogen) atoms. The Morgan fingerprint density at radius 2 is 1.89 bits per heavy atom. The van der Waals surface area contributed by atoms with Crippen LogP contribution in [-0.2, 0) is 4.79 Å². The van der Waals surface area contributed by atoms with E-state index < -0.39 is 6.09 Å². The summed E-state index contributed by atoms with van der Waals surface area (Å²) in [6, 6.07) is 2.43. The number of hydrogen-bond donors (Lipinski definition) is 2. The van der Waals surface area contributed by atoms with Gasteiger partial charge in [0.15, 0.2) is 0 Å². The zero-order valence-corrected chi connectivity index (χ0v) is 17.0. The lowest BCUT2D eigenvalue weighted by Crippen LogP contribution is -2.44. The lowest BCUT2D eigenvalue weighted by molar-refractivity contribution is -0.130. The van der Waals surface area contributed by atoms with Gasteiger partial charge in [0.25, 0.3) is 0 Å². The first-order valence-corrected chi connectivity index (χ1v) is 9.84. The number of carbonyl (C=O) groups excluding carboxylic acids is 1. The zero-order valence-electron chi connectivity index (χ0n) is 16.1. The molecule has 3 atom stereocenters. The fourth-order valence-electron chi connectivity index (χ4n) is 5.31. The molecule has 0 radical (unpaired) electrons. The molecule has 7 nitrogen and oxygen atoms in total. The predicted molar refractivity (Wildman–Crippen MR) is 104 cm³/mol. The van der Waals surface area contributed by atoms with Gasteiger partial charge in [-0.15, -0.1) is 12.4 Å². The molecule has 0 aromatic rings. The van der Waals surface area contributed by atoms with E-state index in [1.165, 1.54) is 0 Å². The second kappa shape index (κ2) is 9.11. The molecule has 0 aromatic carbocycles. The Kier molecular flexibility index (Phi) is 7.35. The number of halogens is 1. The number of likely N-dealkylation sites (tertiary alicyclic amines) is 1. The highest BCUT2D eigenvalue weighted by Gasteiger charge is 2.45. The number of nitriles is 1. The molecule has 1 heterocycles. The van der Waals surface area contributed by atoms with Gasteiger partial charge in [0, 0.05) is 24.7 Å². The van der Waals surface area contributed by atoms with Crippen LogP contribution in [0.2, 0.25) is 0 Å². The number of hydrogen-bond acceptors (Lipinski definition) is 4. The highest BCUT2D eigenvalue weighted by Crippen LogP contribution is 2.46. The first kappa shape index (κ1) is 21.8. The van der Waals surface area contributed by atoms with E-state index in [1.807, 2.05) is 13.8 Å². The minimum Gasteiger partial charge on any atom is -0.465 e. The number of rotatable bonds is 5. The van der Waals surface area contributed by atoms with E-state index in [4.69, 9.17) is 5.26 Å². The number of nitrogens with zero attached hydrogens (tertiary/aromatic N) is 3. The number of carboxylic acid groups (broad SMARTS) is 1. The summed E-state index contributed by atoms with van der Waals surface area (Å²) in [4.78, 5) is 27.2. The second-order valence-corrected chi connectivity index (χ2v) is 8.35. The largest absolute Gasteiger partial charge is 0.465 e. The highest BCUT2D eigenvalue weighted by atomic mass is 35.5. The van der Waals surface area contributed by atoms with Crippen LogP contribution in [-0.4, -0.2) is 64.2 Å². The first-order chi connectivity index (χ1) is 12.4. The van der Waals surface area contributed by atoms with Gasteiger partial charge in [-0.2, -0.15) is 5.26 Å². The molecule has 0 aromatic heterocycles. The van der Waals surface area contributed by atoms with E-state index >= 15 is 0 Å². The van der Waals surface area contributed by atoms with Gasteiger partial charge in [0.05, 0.1) is 12.6 Å². The summed E-state index contributed by atoms with van der Waals surface area (Å²) < 4.78 is 0. The molecule has 2 saturated carbocycles. The number of nitrogens with one attached hydrogen (secondary N) is 1. The first-order valence-electron chi connectivity index (χ1n) is 9.84. The molecule has 2 N–H and O–H groups in total. The van der Waals surface area contributed by atoms with E-state index in [1.54, 1.807) is 9.80 Å². The van der Waals surface area contributed by atoms with Gasteiger partial charge < -0.3 is 20.2 Å². The molecule has 0 spiro atoms. The van der Waals surface area contributed by atoms with Gasteiger partial charge in [-0.3, -0.25) is 4.79 Å². The number of fused-ring (bicyclic) bond motifs is 1. The summed E-state index contributed by atoms with van der Waals surface area (Å²) in [6.45, 7) is 4.87. The lowest BCUT2D eigenvalue weighted by Gasteiger charge is -2.31. The van der Waals surface area contributed by atoms with Crippen LogP contribution in [0.25, 0.3) is 0 Å². The number of amides is 2. The van der Waals surface area contributed by atoms with Crippen molar-refractivity contribution in [1.82, 2.24) is 15.1 Å². The second-order valence-electron chi connectivity index (χ2n) is 8.35. The Balaban J connectivity index is 0.00000261. The maximum absolute atomic E-state index is 12.3. The van der Waals surface area contributed by atoms with Crippen LogP contribution in [0.4, 0.5) is 4.79 Å². The Labute approximate surface area is 167 Å². The standard InChI is InChI=1S/C19H30N4O3.ClH/c1-12(2)23(19(25)26)17-8-13-6-15(7-14(13)9-17)21-11-18(24)22-5-3-4-16(22)10-20;/h12-17,21H,3-9,11H2,1-2H3,(H,25,26);1H. The summed E-state index contributed by atoms with van der Waals surface area (Å²) in [5.41, 5.74) is 0. The van der Waals surface area contributed by atoms with E-state index in [0.717, 1.165) is 38.5 Å². The molecule has 8 heteroatoms. The molecular weight excluding hydrogens is 368 g/mol. The molecule has 3 fully saturated rings. The Bertz CT molecular complexity index is 580. The summed E-state index contributed by atoms with van der Waals surface area (Å²) in [5, 5.41) is 22.0. The van der Waals surface area contributed by atoms with E-state index in [-0.39, 0.29) is 36.4 Å². The normalized spacial score (nSPS) is 32.1. The van der Waals surface area contributed by atoms with Crippen molar-refractivity contribution in [3.8, 4) is 6.07 Å². The molecule has 3 rings (SSSR count). The fraction of sp³-hybridized carbons (Fsp3) is 0.842. The summed E-state index contributed by atoms with van der Waals surface area (Å²) in [6.07, 6.45) is 4.78. The van der Waals surface area contributed by atoms with E-state index in [0.29, 0.717) is 31.0 Å². The SMILES string of the molecule is CC(C)N(C(=O)O)C1CC2CC(NCC(=O)N3CCCC3C#N)CC2C1.Cl. The average molecular weight is 399 g/mol. The Morgan fingerprint density at radius 3 is 2.41 bits per heavy atom. The maximum atomic E-state index is 12.3. The lowest BCUT2D eigenvalue weighted by atomic mass is 10.0. The van der Waals surface area contributed by atoms with Crippen LogP contribution in [0.1, 0.15) is 52.4 Å². The van der Waals surface area contributed by atoms with Crippen molar-refractivity contribution in [2.24, 2.45) is 11.8 Å². The van der Waals surface area contributed by atoms with Crippen LogP contribution in [0.3, 0.4) is 0 Å². The maximum Gasteiger partial charge on any atom is 0.407 e. The topological polar surface area (TPSA) is 96.7 Å². The monoisotopic (exact) mass is 398 g/mol. The third kappa shape index (κ3) is 4.67. The van der Waals surface area contributed by atoms with E-state index in [2.05, 4.69) is 11.4 Å². The minimum absolute atomic E-state index is 0. The van der Waals surface area contributed by atoms with Gasteiger partial charge in [-0.1, -0.05) is 0 Å². The van der Waals surface area contributed by atoms with Crippen molar-refractivity contribution in [3.05, 3.63) is 0 Å². The van der Waals surface area contributed by atoms with Gasteiger partial charge >= 0.3 is 6.09 Å². The highest BCUT2D eigenvalue weighted by molar-refractivity contribution is 5.85. The van der Waals surface area contributed by atoms with E-state index in [9.17, 15) is 14.7 Å². The van der Waals surface area contributed by atoms with Crippen molar-refractivity contribution in [2.75, 3.05) is 13.1 Å². The fourth-order valence-corrected chi connectivity index (χ4v) is 5.31. The van der Waals surface area contributed by atoms with Crippen LogP contribution >= 0.6 is 12.4 Å². The third-order valence-electron chi connectivity index (χ3n) is 6.43. The Hall–Kier alpha value is -1.52. The molecule has 2 amide bonds. The van der Waals surface area contributed by atoms with Crippen LogP contribution in [0, 0.1) is 23.2 Å². The van der Waals surface area contributed by atoms with Crippen molar-refractivity contribution >= 4 is 24.4 Å². The van der Waals surface area contributed by atoms with Crippen molar-refractivity contribution in [3.63, 3.8) is 0 Å². The molecular formula is C19H31ClN4O3. The van der Waals surface area contributed by atoms with Crippen molar-refractivity contribution < 1.29 is 14.7 Å².